The zero-order valence-corrected chi connectivity index (χ0v) is 12.7. The van der Waals surface area contributed by atoms with Crippen LogP contribution in [0.25, 0.3) is 0 Å². The molecule has 2 aromatic rings. The van der Waals surface area contributed by atoms with Crippen LogP contribution >= 0.6 is 0 Å². The van der Waals surface area contributed by atoms with Crippen LogP contribution in [0.3, 0.4) is 0 Å². The number of methoxy groups -OCH3 is 1. The fourth-order valence-electron chi connectivity index (χ4n) is 2.09. The van der Waals surface area contributed by atoms with Gasteiger partial charge in [0.2, 0.25) is 0 Å². The van der Waals surface area contributed by atoms with Gasteiger partial charge in [-0.05, 0) is 24.6 Å². The average molecular weight is 304 g/mol. The maximum atomic E-state index is 12.4. The van der Waals surface area contributed by atoms with E-state index in [4.69, 9.17) is 4.74 Å². The molecule has 0 aliphatic heterocycles. The average Bonchev–Trinajstić information content (AvgIpc) is 2.47. The van der Waals surface area contributed by atoms with E-state index in [0.717, 1.165) is 5.56 Å². The van der Waals surface area contributed by atoms with Gasteiger partial charge < -0.3 is 4.74 Å². The van der Waals surface area contributed by atoms with Crippen LogP contribution in [0.4, 0.5) is 0 Å². The maximum Gasteiger partial charge on any atom is 0.189 e. The van der Waals surface area contributed by atoms with Crippen molar-refractivity contribution in [1.82, 2.24) is 0 Å². The first-order valence-corrected chi connectivity index (χ1v) is 8.05. The van der Waals surface area contributed by atoms with E-state index in [2.05, 4.69) is 0 Å². The molecule has 0 radical (unpaired) electrons. The van der Waals surface area contributed by atoms with Crippen LogP contribution in [0.5, 0.6) is 5.75 Å². The van der Waals surface area contributed by atoms with Crippen molar-refractivity contribution in [3.63, 3.8) is 0 Å². The fraction of sp³-hybridized carbons (Fsp3) is 0.188. The van der Waals surface area contributed by atoms with Gasteiger partial charge in [0, 0.05) is 5.56 Å². The molecule has 0 heterocycles. The van der Waals surface area contributed by atoms with Gasteiger partial charge in [0.1, 0.15) is 16.4 Å². The molecule has 0 saturated carbocycles. The molecule has 0 atom stereocenters. The fourth-order valence-corrected chi connectivity index (χ4v) is 3.49. The minimum atomic E-state index is -3.74. The first kappa shape index (κ1) is 15.3. The van der Waals surface area contributed by atoms with E-state index < -0.39 is 21.4 Å². The van der Waals surface area contributed by atoms with Crippen molar-refractivity contribution in [2.24, 2.45) is 0 Å². The summed E-state index contributed by atoms with van der Waals surface area (Å²) in [6.07, 6.45) is 0. The molecule has 0 spiro atoms. The lowest BCUT2D eigenvalue weighted by molar-refractivity contribution is 0.102. The normalized spacial score (nSPS) is 11.1. The molecule has 2 rings (SSSR count). The minimum absolute atomic E-state index is 0.0365. The molecule has 110 valence electrons. The smallest absolute Gasteiger partial charge is 0.189 e. The monoisotopic (exact) mass is 304 g/mol. The number of ketones is 1. The number of hydrogen-bond donors (Lipinski definition) is 0. The Kier molecular flexibility index (Phi) is 4.43. The van der Waals surface area contributed by atoms with E-state index >= 15 is 0 Å². The van der Waals surface area contributed by atoms with Gasteiger partial charge in [-0.3, -0.25) is 4.79 Å². The maximum absolute atomic E-state index is 12.4. The number of benzene rings is 2. The predicted molar refractivity (Wildman–Crippen MR) is 80.6 cm³/mol. The van der Waals surface area contributed by atoms with Gasteiger partial charge >= 0.3 is 0 Å². The molecule has 0 N–H and O–H groups in total. The Bertz CT molecular complexity index is 763. The number of ether oxygens (including phenoxy) is 1. The van der Waals surface area contributed by atoms with E-state index in [9.17, 15) is 13.2 Å². The Morgan fingerprint density at radius 3 is 2.33 bits per heavy atom. The molecule has 0 unspecified atom stereocenters. The zero-order valence-electron chi connectivity index (χ0n) is 11.9. The molecule has 0 bridgehead atoms. The Balaban J connectivity index is 2.34. The second kappa shape index (κ2) is 6.10. The summed E-state index contributed by atoms with van der Waals surface area (Å²) in [5.41, 5.74) is 1.19. The van der Waals surface area contributed by atoms with E-state index in [0.29, 0.717) is 5.56 Å². The van der Waals surface area contributed by atoms with Crippen LogP contribution in [0, 0.1) is 6.92 Å². The molecular weight excluding hydrogens is 288 g/mol. The number of Topliss-reactive ketones (excluding diaryl/α,β-unsaturated/α-hetero) is 1. The van der Waals surface area contributed by atoms with Crippen LogP contribution in [-0.2, 0) is 9.84 Å². The summed E-state index contributed by atoms with van der Waals surface area (Å²) in [5.74, 6) is -0.743. The minimum Gasteiger partial charge on any atom is -0.495 e. The van der Waals surface area contributed by atoms with Gasteiger partial charge in [-0.25, -0.2) is 8.42 Å². The summed E-state index contributed by atoms with van der Waals surface area (Å²) in [7, 11) is -2.34. The highest BCUT2D eigenvalue weighted by Gasteiger charge is 2.24. The molecule has 0 saturated heterocycles. The van der Waals surface area contributed by atoms with Gasteiger partial charge in [-0.1, -0.05) is 36.4 Å². The summed E-state index contributed by atoms with van der Waals surface area (Å²) in [5, 5.41) is 0. The molecule has 2 aromatic carbocycles. The second-order valence-electron chi connectivity index (χ2n) is 4.65. The topological polar surface area (TPSA) is 60.4 Å². The third kappa shape index (κ3) is 3.31. The van der Waals surface area contributed by atoms with E-state index in [-0.39, 0.29) is 10.6 Å². The number of sulfone groups is 1. The largest absolute Gasteiger partial charge is 0.495 e. The lowest BCUT2D eigenvalue weighted by Crippen LogP contribution is -2.17. The highest BCUT2D eigenvalue weighted by Crippen LogP contribution is 2.24. The van der Waals surface area contributed by atoms with Crippen LogP contribution in [0.1, 0.15) is 15.9 Å². The molecule has 0 aliphatic carbocycles. The quantitative estimate of drug-likeness (QED) is 0.797. The predicted octanol–water partition coefficient (Wildman–Crippen LogP) is 2.66. The number of aryl methyl sites for hydroxylation is 1. The summed E-state index contributed by atoms with van der Waals surface area (Å²) in [6.45, 7) is 1.78. The standard InChI is InChI=1S/C16H16O4S/c1-12-7-3-4-8-13(12)14(17)11-21(18,19)16-10-6-5-9-15(16)20-2/h3-10H,11H2,1-2H3. The Hall–Kier alpha value is -2.14. The molecule has 0 fully saturated rings. The number of carbonyl (C=O) groups excluding carboxylic acids is 1. The lowest BCUT2D eigenvalue weighted by Gasteiger charge is -2.09. The van der Waals surface area contributed by atoms with Gasteiger partial charge in [0.25, 0.3) is 0 Å². The highest BCUT2D eigenvalue weighted by atomic mass is 32.2. The lowest BCUT2D eigenvalue weighted by atomic mass is 10.1. The first-order valence-electron chi connectivity index (χ1n) is 6.40. The molecule has 21 heavy (non-hydrogen) atoms. The van der Waals surface area contributed by atoms with Crippen molar-refractivity contribution in [2.75, 3.05) is 12.9 Å². The van der Waals surface area contributed by atoms with Crippen LogP contribution in [-0.4, -0.2) is 27.1 Å². The molecule has 4 nitrogen and oxygen atoms in total. The van der Waals surface area contributed by atoms with Crippen molar-refractivity contribution in [1.29, 1.82) is 0 Å². The number of hydrogen-bond acceptors (Lipinski definition) is 4. The van der Waals surface area contributed by atoms with Crippen LogP contribution in [0.2, 0.25) is 0 Å². The van der Waals surface area contributed by atoms with Gasteiger partial charge in [0.05, 0.1) is 7.11 Å². The van der Waals surface area contributed by atoms with E-state index in [1.165, 1.54) is 13.2 Å². The van der Waals surface area contributed by atoms with Crippen molar-refractivity contribution >= 4 is 15.6 Å². The van der Waals surface area contributed by atoms with Crippen LogP contribution < -0.4 is 4.74 Å². The number of carbonyl (C=O) groups is 1. The SMILES string of the molecule is COc1ccccc1S(=O)(=O)CC(=O)c1ccccc1C. The molecule has 0 aliphatic rings. The second-order valence-corrected chi connectivity index (χ2v) is 6.61. The Morgan fingerprint density at radius 1 is 1.05 bits per heavy atom. The molecular formula is C16H16O4S. The number of para-hydroxylation sites is 1. The van der Waals surface area contributed by atoms with E-state index in [1.54, 1.807) is 49.4 Å². The molecule has 0 aromatic heterocycles. The number of rotatable bonds is 5. The Labute approximate surface area is 124 Å². The first-order chi connectivity index (χ1) is 9.95. The highest BCUT2D eigenvalue weighted by molar-refractivity contribution is 7.92. The van der Waals surface area contributed by atoms with Crippen molar-refractivity contribution in [2.45, 2.75) is 11.8 Å². The zero-order chi connectivity index (χ0) is 15.5. The summed E-state index contributed by atoms with van der Waals surface area (Å²) >= 11 is 0. The van der Waals surface area contributed by atoms with Gasteiger partial charge in [-0.15, -0.1) is 0 Å². The third-order valence-electron chi connectivity index (χ3n) is 3.17. The molecule has 0 amide bonds. The van der Waals surface area contributed by atoms with Gasteiger partial charge in [0.15, 0.2) is 15.6 Å². The van der Waals surface area contributed by atoms with Crippen molar-refractivity contribution in [3.05, 3.63) is 59.7 Å². The van der Waals surface area contributed by atoms with Crippen molar-refractivity contribution < 1.29 is 17.9 Å². The van der Waals surface area contributed by atoms with Crippen LogP contribution in [0.15, 0.2) is 53.4 Å². The summed E-state index contributed by atoms with van der Waals surface area (Å²) in [6, 6.07) is 13.2. The third-order valence-corrected chi connectivity index (χ3v) is 4.82. The summed E-state index contributed by atoms with van der Waals surface area (Å²) in [4.78, 5) is 12.3. The van der Waals surface area contributed by atoms with E-state index in [1.807, 2.05) is 0 Å². The van der Waals surface area contributed by atoms with Gasteiger partial charge in [-0.2, -0.15) is 0 Å². The Morgan fingerprint density at radius 2 is 1.67 bits per heavy atom. The molecule has 5 heteroatoms. The van der Waals surface area contributed by atoms with Crippen molar-refractivity contribution in [3.8, 4) is 5.75 Å². The summed E-state index contributed by atoms with van der Waals surface area (Å²) < 4.78 is 29.9.